The molecule has 0 amide bonds. The van der Waals surface area contributed by atoms with Crippen LogP contribution in [0.15, 0.2) is 30.7 Å². The predicted octanol–water partition coefficient (Wildman–Crippen LogP) is 1.78. The van der Waals surface area contributed by atoms with Crippen LogP contribution in [-0.4, -0.2) is 9.55 Å². The van der Waals surface area contributed by atoms with Gasteiger partial charge in [0.2, 0.25) is 0 Å². The van der Waals surface area contributed by atoms with Gasteiger partial charge in [-0.1, -0.05) is 6.07 Å². The van der Waals surface area contributed by atoms with E-state index in [1.807, 2.05) is 6.92 Å². The molecule has 0 saturated heterocycles. The molecule has 0 radical (unpaired) electrons. The van der Waals surface area contributed by atoms with Crippen LogP contribution in [-0.2, 0) is 6.54 Å². The van der Waals surface area contributed by atoms with Crippen molar-refractivity contribution in [2.75, 3.05) is 0 Å². The summed E-state index contributed by atoms with van der Waals surface area (Å²) in [4.78, 5) is 4.05. The third kappa shape index (κ3) is 1.89. The maximum absolute atomic E-state index is 13.5. The Hall–Kier alpha value is -1.68. The summed E-state index contributed by atoms with van der Waals surface area (Å²) in [6.45, 7) is 2.28. The van der Waals surface area contributed by atoms with E-state index in [1.165, 1.54) is 6.07 Å². The monoisotopic (exact) mass is 205 g/mol. The van der Waals surface area contributed by atoms with Crippen LogP contribution in [0.4, 0.5) is 4.39 Å². The van der Waals surface area contributed by atoms with Gasteiger partial charge in [0.1, 0.15) is 5.82 Å². The highest BCUT2D eigenvalue weighted by Crippen LogP contribution is 2.15. The Labute approximate surface area is 87.4 Å². The van der Waals surface area contributed by atoms with Crippen LogP contribution >= 0.6 is 0 Å². The number of imidazole rings is 1. The molecule has 1 heterocycles. The van der Waals surface area contributed by atoms with Gasteiger partial charge in [0.05, 0.1) is 17.7 Å². The van der Waals surface area contributed by atoms with Crippen molar-refractivity contribution < 1.29 is 4.39 Å². The van der Waals surface area contributed by atoms with Gasteiger partial charge in [-0.25, -0.2) is 9.37 Å². The fraction of sp³-hybridized carbons (Fsp3) is 0.182. The lowest BCUT2D eigenvalue weighted by molar-refractivity contribution is 0.617. The Morgan fingerprint density at radius 2 is 2.27 bits per heavy atom. The van der Waals surface area contributed by atoms with E-state index in [2.05, 4.69) is 4.98 Å². The number of aryl methyl sites for hydroxylation is 1. The highest BCUT2D eigenvalue weighted by Gasteiger charge is 2.05. The van der Waals surface area contributed by atoms with Crippen LogP contribution in [0.3, 0.4) is 0 Å². The van der Waals surface area contributed by atoms with Gasteiger partial charge in [0.25, 0.3) is 0 Å². The third-order valence-electron chi connectivity index (χ3n) is 2.23. The number of hydrogen-bond donors (Lipinski definition) is 1. The molecular formula is C11H12FN3. The largest absolute Gasteiger partial charge is 0.325 e. The number of rotatable bonds is 2. The maximum atomic E-state index is 13.5. The molecule has 0 atom stereocenters. The molecule has 1 aromatic heterocycles. The molecule has 1 aromatic carbocycles. The minimum atomic E-state index is -0.262. The Balaban J connectivity index is 2.48. The van der Waals surface area contributed by atoms with Crippen molar-refractivity contribution in [1.29, 1.82) is 0 Å². The lowest BCUT2D eigenvalue weighted by Crippen LogP contribution is -1.97. The highest BCUT2D eigenvalue weighted by atomic mass is 19.1. The summed E-state index contributed by atoms with van der Waals surface area (Å²) in [7, 11) is 0. The molecule has 2 N–H and O–H groups in total. The quantitative estimate of drug-likeness (QED) is 0.812. The molecule has 4 heteroatoms. The number of benzene rings is 1. The second kappa shape index (κ2) is 3.82. The van der Waals surface area contributed by atoms with E-state index < -0.39 is 0 Å². The van der Waals surface area contributed by atoms with Gasteiger partial charge < -0.3 is 10.3 Å². The highest BCUT2D eigenvalue weighted by molar-refractivity contribution is 5.37. The first-order valence-corrected chi connectivity index (χ1v) is 4.70. The molecule has 0 fully saturated rings. The normalized spacial score (nSPS) is 10.6. The van der Waals surface area contributed by atoms with Crippen LogP contribution < -0.4 is 5.73 Å². The molecule has 78 valence electrons. The lowest BCUT2D eigenvalue weighted by Gasteiger charge is -2.04. The maximum Gasteiger partial charge on any atom is 0.147 e. The molecule has 15 heavy (non-hydrogen) atoms. The Kier molecular flexibility index (Phi) is 2.51. The Morgan fingerprint density at radius 1 is 1.47 bits per heavy atom. The van der Waals surface area contributed by atoms with Crippen LogP contribution in [0.2, 0.25) is 0 Å². The first-order valence-electron chi connectivity index (χ1n) is 4.70. The second-order valence-electron chi connectivity index (χ2n) is 3.43. The number of nitrogens with two attached hydrogens (primary N) is 1. The molecule has 0 saturated carbocycles. The summed E-state index contributed by atoms with van der Waals surface area (Å²) in [6, 6.07) is 4.96. The number of hydrogen-bond acceptors (Lipinski definition) is 2. The molecule has 3 nitrogen and oxygen atoms in total. The van der Waals surface area contributed by atoms with E-state index in [9.17, 15) is 4.39 Å². The molecule has 0 aliphatic rings. The van der Waals surface area contributed by atoms with Crippen molar-refractivity contribution in [2.45, 2.75) is 13.5 Å². The van der Waals surface area contributed by atoms with Crippen molar-refractivity contribution in [3.63, 3.8) is 0 Å². The van der Waals surface area contributed by atoms with Crippen LogP contribution in [0, 0.1) is 12.7 Å². The van der Waals surface area contributed by atoms with Gasteiger partial charge in [-0.3, -0.25) is 0 Å². The van der Waals surface area contributed by atoms with Gasteiger partial charge in [-0.2, -0.15) is 0 Å². The summed E-state index contributed by atoms with van der Waals surface area (Å²) in [5.41, 5.74) is 7.70. The van der Waals surface area contributed by atoms with Gasteiger partial charge in [-0.05, 0) is 24.6 Å². The minimum absolute atomic E-state index is 0.262. The summed E-state index contributed by atoms with van der Waals surface area (Å²) < 4.78 is 15.1. The van der Waals surface area contributed by atoms with Gasteiger partial charge >= 0.3 is 0 Å². The van der Waals surface area contributed by atoms with Crippen LogP contribution in [0.5, 0.6) is 0 Å². The summed E-state index contributed by atoms with van der Waals surface area (Å²) in [5.74, 6) is -0.262. The number of aromatic nitrogens is 2. The lowest BCUT2D eigenvalue weighted by atomic mass is 10.2. The summed E-state index contributed by atoms with van der Waals surface area (Å²) in [5, 5.41) is 0. The Bertz CT molecular complexity index is 476. The average Bonchev–Trinajstić information content (AvgIpc) is 2.70. The van der Waals surface area contributed by atoms with E-state index in [1.54, 1.807) is 29.2 Å². The fourth-order valence-corrected chi connectivity index (χ4v) is 1.42. The number of nitrogens with zero attached hydrogens (tertiary/aromatic N) is 2. The van der Waals surface area contributed by atoms with Gasteiger partial charge in [0.15, 0.2) is 0 Å². The molecule has 0 spiro atoms. The van der Waals surface area contributed by atoms with E-state index >= 15 is 0 Å². The standard InChI is InChI=1S/C11H12FN3/c1-8-2-3-10(12)11(4-8)15-6-9(5-13)14-7-15/h2-4,6-7H,5,13H2,1H3. The molecule has 0 unspecified atom stereocenters. The zero-order valence-electron chi connectivity index (χ0n) is 8.44. The van der Waals surface area contributed by atoms with Crippen molar-refractivity contribution in [1.82, 2.24) is 9.55 Å². The van der Waals surface area contributed by atoms with E-state index in [-0.39, 0.29) is 5.82 Å². The zero-order chi connectivity index (χ0) is 10.8. The molecule has 2 aromatic rings. The molecule has 0 aliphatic carbocycles. The Morgan fingerprint density at radius 3 is 2.93 bits per heavy atom. The molecule has 0 bridgehead atoms. The van der Waals surface area contributed by atoms with Crippen molar-refractivity contribution >= 4 is 0 Å². The topological polar surface area (TPSA) is 43.8 Å². The van der Waals surface area contributed by atoms with E-state index in [0.717, 1.165) is 11.3 Å². The van der Waals surface area contributed by atoms with Crippen LogP contribution in [0.25, 0.3) is 5.69 Å². The zero-order valence-corrected chi connectivity index (χ0v) is 8.44. The molecular weight excluding hydrogens is 193 g/mol. The number of halogens is 1. The smallest absolute Gasteiger partial charge is 0.147 e. The average molecular weight is 205 g/mol. The summed E-state index contributed by atoms with van der Waals surface area (Å²) >= 11 is 0. The molecule has 0 aliphatic heterocycles. The van der Waals surface area contributed by atoms with E-state index in [4.69, 9.17) is 5.73 Å². The van der Waals surface area contributed by atoms with Crippen molar-refractivity contribution in [3.05, 3.63) is 47.8 Å². The van der Waals surface area contributed by atoms with Crippen molar-refractivity contribution in [2.24, 2.45) is 5.73 Å². The minimum Gasteiger partial charge on any atom is -0.325 e. The van der Waals surface area contributed by atoms with Gasteiger partial charge in [0, 0.05) is 12.7 Å². The van der Waals surface area contributed by atoms with Crippen molar-refractivity contribution in [3.8, 4) is 5.69 Å². The van der Waals surface area contributed by atoms with Crippen LogP contribution in [0.1, 0.15) is 11.3 Å². The summed E-state index contributed by atoms with van der Waals surface area (Å²) in [6.07, 6.45) is 3.30. The fourth-order valence-electron chi connectivity index (χ4n) is 1.42. The van der Waals surface area contributed by atoms with E-state index in [0.29, 0.717) is 12.2 Å². The first-order chi connectivity index (χ1) is 7.20. The van der Waals surface area contributed by atoms with Gasteiger partial charge in [-0.15, -0.1) is 0 Å². The predicted molar refractivity (Wildman–Crippen MR) is 56.2 cm³/mol. The first kappa shape index (κ1) is 9.86. The SMILES string of the molecule is Cc1ccc(F)c(-n2cnc(CN)c2)c1. The third-order valence-corrected chi connectivity index (χ3v) is 2.23. The molecule has 2 rings (SSSR count). The second-order valence-corrected chi connectivity index (χ2v) is 3.43.